The molecule has 0 amide bonds. The number of unbranched alkanes of at least 4 members (excludes halogenated alkanes) is 1. The van der Waals surface area contributed by atoms with E-state index in [1.54, 1.807) is 18.5 Å². The third-order valence-electron chi connectivity index (χ3n) is 3.95. The van der Waals surface area contributed by atoms with E-state index >= 15 is 0 Å². The molecule has 1 atom stereocenters. The molecule has 4 heteroatoms. The van der Waals surface area contributed by atoms with Crippen molar-refractivity contribution >= 4 is 0 Å². The van der Waals surface area contributed by atoms with Crippen LogP contribution in [-0.4, -0.2) is 16.6 Å². The van der Waals surface area contributed by atoms with Gasteiger partial charge in [-0.15, -0.1) is 0 Å². The minimum atomic E-state index is -0.231. The smallest absolute Gasteiger partial charge is 0.123 e. The number of rotatable bonds is 8. The van der Waals surface area contributed by atoms with Crippen molar-refractivity contribution in [3.05, 3.63) is 89.8 Å². The Balaban J connectivity index is 1.59. The number of hydrogen-bond donors (Lipinski definition) is 1. The van der Waals surface area contributed by atoms with Crippen LogP contribution in [-0.2, 0) is 11.2 Å². The van der Waals surface area contributed by atoms with Crippen LogP contribution in [0.1, 0.15) is 35.8 Å². The van der Waals surface area contributed by atoms with Crippen molar-refractivity contribution in [1.82, 2.24) is 9.97 Å². The lowest BCUT2D eigenvalue weighted by Gasteiger charge is -2.19. The van der Waals surface area contributed by atoms with E-state index in [0.717, 1.165) is 36.1 Å². The first kappa shape index (κ1) is 16.4. The molecule has 0 aliphatic rings. The zero-order chi connectivity index (χ0) is 16.6. The van der Waals surface area contributed by atoms with Gasteiger partial charge in [-0.1, -0.05) is 42.5 Å². The molecule has 1 heterocycles. The fraction of sp³-hybridized carbons (Fsp3) is 0.250. The van der Waals surface area contributed by atoms with Gasteiger partial charge in [-0.25, -0.2) is 9.37 Å². The summed E-state index contributed by atoms with van der Waals surface area (Å²) in [7, 11) is 0. The highest BCUT2D eigenvalue weighted by molar-refractivity contribution is 5.30. The van der Waals surface area contributed by atoms with E-state index in [4.69, 9.17) is 4.74 Å². The fourth-order valence-corrected chi connectivity index (χ4v) is 2.69. The maximum atomic E-state index is 13.2. The zero-order valence-corrected chi connectivity index (χ0v) is 13.5. The van der Waals surface area contributed by atoms with Gasteiger partial charge in [-0.05, 0) is 42.5 Å². The molecule has 2 aromatic carbocycles. The summed E-state index contributed by atoms with van der Waals surface area (Å²) in [5, 5.41) is 0. The summed E-state index contributed by atoms with van der Waals surface area (Å²) in [6, 6.07) is 16.6. The van der Waals surface area contributed by atoms with Crippen LogP contribution >= 0.6 is 0 Å². The maximum Gasteiger partial charge on any atom is 0.123 e. The number of aromatic amines is 1. The molecule has 0 radical (unpaired) electrons. The van der Waals surface area contributed by atoms with Crippen molar-refractivity contribution < 1.29 is 9.13 Å². The molecule has 3 rings (SSSR count). The van der Waals surface area contributed by atoms with Crippen LogP contribution in [0, 0.1) is 5.82 Å². The van der Waals surface area contributed by atoms with Gasteiger partial charge in [-0.2, -0.15) is 0 Å². The summed E-state index contributed by atoms with van der Waals surface area (Å²) >= 11 is 0. The third-order valence-corrected chi connectivity index (χ3v) is 3.95. The van der Waals surface area contributed by atoms with Crippen LogP contribution in [0.2, 0.25) is 0 Å². The minimum Gasteiger partial charge on any atom is -0.369 e. The topological polar surface area (TPSA) is 37.9 Å². The van der Waals surface area contributed by atoms with Gasteiger partial charge < -0.3 is 9.72 Å². The van der Waals surface area contributed by atoms with E-state index in [-0.39, 0.29) is 11.9 Å². The van der Waals surface area contributed by atoms with Crippen molar-refractivity contribution in [2.24, 2.45) is 0 Å². The van der Waals surface area contributed by atoms with E-state index in [1.165, 1.54) is 12.1 Å². The van der Waals surface area contributed by atoms with Crippen LogP contribution in [0.4, 0.5) is 4.39 Å². The van der Waals surface area contributed by atoms with Crippen LogP contribution in [0.15, 0.2) is 67.1 Å². The largest absolute Gasteiger partial charge is 0.369 e. The average Bonchev–Trinajstić information content (AvgIpc) is 3.13. The van der Waals surface area contributed by atoms with Crippen molar-refractivity contribution in [2.45, 2.75) is 25.4 Å². The summed E-state index contributed by atoms with van der Waals surface area (Å²) < 4.78 is 19.3. The normalized spacial score (nSPS) is 12.2. The number of aryl methyl sites for hydroxylation is 1. The van der Waals surface area contributed by atoms with Crippen molar-refractivity contribution in [3.63, 3.8) is 0 Å². The molecule has 0 aliphatic carbocycles. The molecule has 24 heavy (non-hydrogen) atoms. The van der Waals surface area contributed by atoms with Gasteiger partial charge in [-0.3, -0.25) is 0 Å². The Bertz CT molecular complexity index is 711. The number of ether oxygens (including phenoxy) is 1. The quantitative estimate of drug-likeness (QED) is 0.611. The lowest BCUT2D eigenvalue weighted by atomic mass is 10.0. The van der Waals surface area contributed by atoms with E-state index in [0.29, 0.717) is 6.61 Å². The van der Waals surface area contributed by atoms with E-state index < -0.39 is 0 Å². The van der Waals surface area contributed by atoms with E-state index in [1.807, 2.05) is 36.5 Å². The molecule has 1 aromatic heterocycles. The molecule has 0 bridgehead atoms. The second-order valence-corrected chi connectivity index (χ2v) is 5.75. The van der Waals surface area contributed by atoms with Gasteiger partial charge in [0.1, 0.15) is 11.9 Å². The Morgan fingerprint density at radius 3 is 2.42 bits per heavy atom. The first-order chi connectivity index (χ1) is 11.8. The Kier molecular flexibility index (Phi) is 5.75. The predicted octanol–water partition coefficient (Wildman–Crippen LogP) is 4.68. The second-order valence-electron chi connectivity index (χ2n) is 5.75. The molecule has 3 aromatic rings. The van der Waals surface area contributed by atoms with Crippen LogP contribution in [0.3, 0.4) is 0 Å². The van der Waals surface area contributed by atoms with E-state index in [9.17, 15) is 4.39 Å². The van der Waals surface area contributed by atoms with Gasteiger partial charge in [0.15, 0.2) is 0 Å². The van der Waals surface area contributed by atoms with Gasteiger partial charge >= 0.3 is 0 Å². The van der Waals surface area contributed by atoms with Crippen molar-refractivity contribution in [2.75, 3.05) is 6.61 Å². The fourth-order valence-electron chi connectivity index (χ4n) is 2.69. The molecule has 0 spiro atoms. The van der Waals surface area contributed by atoms with Crippen molar-refractivity contribution in [3.8, 4) is 0 Å². The Labute approximate surface area is 141 Å². The number of nitrogens with zero attached hydrogens (tertiary/aromatic N) is 1. The molecule has 3 nitrogen and oxygen atoms in total. The molecule has 1 unspecified atom stereocenters. The first-order valence-corrected chi connectivity index (χ1v) is 8.22. The monoisotopic (exact) mass is 324 g/mol. The molecule has 1 N–H and O–H groups in total. The summed E-state index contributed by atoms with van der Waals surface area (Å²) in [6.07, 6.45) is 6.35. The van der Waals surface area contributed by atoms with Crippen LogP contribution in [0.5, 0.6) is 0 Å². The molecule has 0 saturated heterocycles. The summed E-state index contributed by atoms with van der Waals surface area (Å²) in [5.41, 5.74) is 3.20. The predicted molar refractivity (Wildman–Crippen MR) is 92.2 cm³/mol. The standard InChI is InChI=1S/C20H21FN2O/c21-18-11-9-17(10-12-18)20(16-6-2-1-3-7-16)24-13-5-4-8-19-14-22-15-23-19/h1-3,6-7,9-12,14-15,20H,4-5,8,13H2,(H,22,23). The number of benzene rings is 2. The Morgan fingerprint density at radius 2 is 1.71 bits per heavy atom. The molecule has 0 saturated carbocycles. The molecular formula is C20H21FN2O. The molecular weight excluding hydrogens is 303 g/mol. The number of hydrogen-bond acceptors (Lipinski definition) is 2. The lowest BCUT2D eigenvalue weighted by Crippen LogP contribution is -2.08. The van der Waals surface area contributed by atoms with Gasteiger partial charge in [0.25, 0.3) is 0 Å². The minimum absolute atomic E-state index is 0.168. The van der Waals surface area contributed by atoms with Crippen LogP contribution in [0.25, 0.3) is 0 Å². The average molecular weight is 324 g/mol. The SMILES string of the molecule is Fc1ccc(C(OCCCCc2cnc[nH]2)c2ccccc2)cc1. The highest BCUT2D eigenvalue weighted by atomic mass is 19.1. The zero-order valence-electron chi connectivity index (χ0n) is 13.5. The summed E-state index contributed by atoms with van der Waals surface area (Å²) in [4.78, 5) is 7.12. The molecule has 124 valence electrons. The third kappa shape index (κ3) is 4.52. The second kappa shape index (κ2) is 8.41. The van der Waals surface area contributed by atoms with Crippen LogP contribution < -0.4 is 0 Å². The summed E-state index contributed by atoms with van der Waals surface area (Å²) in [6.45, 7) is 0.658. The van der Waals surface area contributed by atoms with Gasteiger partial charge in [0, 0.05) is 18.5 Å². The number of H-pyrrole nitrogens is 1. The highest BCUT2D eigenvalue weighted by Crippen LogP contribution is 2.26. The number of halogens is 1. The number of aromatic nitrogens is 2. The molecule has 0 aliphatic heterocycles. The Hall–Kier alpha value is -2.46. The first-order valence-electron chi connectivity index (χ1n) is 8.22. The van der Waals surface area contributed by atoms with E-state index in [2.05, 4.69) is 9.97 Å². The lowest BCUT2D eigenvalue weighted by molar-refractivity contribution is 0.0771. The van der Waals surface area contributed by atoms with Gasteiger partial charge in [0.05, 0.1) is 6.33 Å². The highest BCUT2D eigenvalue weighted by Gasteiger charge is 2.14. The number of nitrogens with one attached hydrogen (secondary N) is 1. The Morgan fingerprint density at radius 1 is 0.958 bits per heavy atom. The van der Waals surface area contributed by atoms with Gasteiger partial charge in [0.2, 0.25) is 0 Å². The maximum absolute atomic E-state index is 13.2. The molecule has 0 fully saturated rings. The van der Waals surface area contributed by atoms with Crippen molar-refractivity contribution in [1.29, 1.82) is 0 Å². The number of imidazole rings is 1. The summed E-state index contributed by atoms with van der Waals surface area (Å²) in [5.74, 6) is -0.231.